The first-order chi connectivity index (χ1) is 9.73. The largest absolute Gasteiger partial charge is 0.317 e. The number of carbonyl (C=O) groups excluding carboxylic acids is 1. The highest BCUT2D eigenvalue weighted by molar-refractivity contribution is 6.09. The fraction of sp³-hybridized carbons (Fsp3) is 0.875. The lowest BCUT2D eigenvalue weighted by Gasteiger charge is -2.28. The van der Waals surface area contributed by atoms with Gasteiger partial charge in [0.05, 0.1) is 0 Å². The smallest absolute Gasteiger partial charge is 0.253 e. The van der Waals surface area contributed by atoms with Gasteiger partial charge in [-0.15, -0.1) is 0 Å². The van der Waals surface area contributed by atoms with Gasteiger partial charge in [0.1, 0.15) is 11.4 Å². The molecule has 0 bridgehead atoms. The van der Waals surface area contributed by atoms with Gasteiger partial charge in [-0.05, 0) is 57.5 Å². The molecule has 0 aromatic rings. The molecule has 1 amide bonds. The third-order valence-corrected chi connectivity index (χ3v) is 5.36. The van der Waals surface area contributed by atoms with Crippen LogP contribution in [-0.2, 0) is 4.79 Å². The van der Waals surface area contributed by atoms with Crippen molar-refractivity contribution in [3.63, 3.8) is 0 Å². The number of hydrogen-bond donors (Lipinski definition) is 2. The van der Waals surface area contributed by atoms with Crippen molar-refractivity contribution in [1.82, 2.24) is 10.6 Å². The van der Waals surface area contributed by atoms with Crippen LogP contribution >= 0.6 is 0 Å². The Labute approximate surface area is 121 Å². The predicted octanol–water partition coefficient (Wildman–Crippen LogP) is 2.24. The first-order valence-corrected chi connectivity index (χ1v) is 8.35. The van der Waals surface area contributed by atoms with Gasteiger partial charge in [0.15, 0.2) is 0 Å². The van der Waals surface area contributed by atoms with Crippen molar-refractivity contribution in [2.75, 3.05) is 13.1 Å². The Balaban J connectivity index is 1.64. The maximum atomic E-state index is 12.3. The molecule has 0 unspecified atom stereocenters. The van der Waals surface area contributed by atoms with Gasteiger partial charge in [0.25, 0.3) is 5.91 Å². The van der Waals surface area contributed by atoms with E-state index < -0.39 is 5.54 Å². The summed E-state index contributed by atoms with van der Waals surface area (Å²) in [6.45, 7) is 4.09. The van der Waals surface area contributed by atoms with Gasteiger partial charge in [-0.2, -0.15) is 0 Å². The molecule has 20 heavy (non-hydrogen) atoms. The molecule has 3 aliphatic rings. The van der Waals surface area contributed by atoms with E-state index in [2.05, 4.69) is 17.6 Å². The first kappa shape index (κ1) is 14.1. The lowest BCUT2D eigenvalue weighted by molar-refractivity contribution is -0.124. The molecule has 1 saturated carbocycles. The molecule has 2 aliphatic heterocycles. The Hall–Kier alpha value is -0.900. The Kier molecular flexibility index (Phi) is 4.11. The average Bonchev–Trinajstić information content (AvgIpc) is 2.78. The third kappa shape index (κ3) is 2.62. The van der Waals surface area contributed by atoms with Crippen molar-refractivity contribution in [2.45, 2.75) is 63.8 Å². The highest BCUT2D eigenvalue weighted by atomic mass is 16.2. The molecule has 4 heteroatoms. The summed E-state index contributed by atoms with van der Waals surface area (Å²) in [6, 6.07) is 0. The predicted molar refractivity (Wildman–Crippen MR) is 80.8 cm³/mol. The normalized spacial score (nSPS) is 33.0. The van der Waals surface area contributed by atoms with E-state index in [1.807, 2.05) is 0 Å². The lowest BCUT2D eigenvalue weighted by Crippen LogP contribution is -2.47. The highest BCUT2D eigenvalue weighted by Gasteiger charge is 2.45. The summed E-state index contributed by atoms with van der Waals surface area (Å²) in [7, 11) is 0. The zero-order valence-electron chi connectivity index (χ0n) is 12.6. The van der Waals surface area contributed by atoms with E-state index in [1.54, 1.807) is 0 Å². The van der Waals surface area contributed by atoms with Crippen LogP contribution in [0, 0.1) is 11.8 Å². The summed E-state index contributed by atoms with van der Waals surface area (Å²) in [4.78, 5) is 17.2. The Morgan fingerprint density at radius 3 is 2.55 bits per heavy atom. The highest BCUT2D eigenvalue weighted by Crippen LogP contribution is 2.35. The zero-order chi connectivity index (χ0) is 14.0. The molecule has 1 aliphatic carbocycles. The van der Waals surface area contributed by atoms with E-state index in [9.17, 15) is 4.79 Å². The lowest BCUT2D eigenvalue weighted by atomic mass is 9.79. The molecular weight excluding hydrogens is 250 g/mol. The Bertz CT molecular complexity index is 391. The van der Waals surface area contributed by atoms with Crippen LogP contribution in [0.2, 0.25) is 0 Å². The van der Waals surface area contributed by atoms with Crippen molar-refractivity contribution in [1.29, 1.82) is 0 Å². The van der Waals surface area contributed by atoms with Crippen LogP contribution in [0.4, 0.5) is 0 Å². The van der Waals surface area contributed by atoms with Gasteiger partial charge in [-0.3, -0.25) is 9.79 Å². The summed E-state index contributed by atoms with van der Waals surface area (Å²) < 4.78 is 0. The first-order valence-electron chi connectivity index (χ1n) is 8.35. The minimum atomic E-state index is -0.430. The second-order valence-corrected chi connectivity index (χ2v) is 6.74. The van der Waals surface area contributed by atoms with Crippen molar-refractivity contribution in [3.8, 4) is 0 Å². The molecular formula is C16H27N3O. The van der Waals surface area contributed by atoms with Crippen LogP contribution in [0.5, 0.6) is 0 Å². The van der Waals surface area contributed by atoms with Crippen LogP contribution in [0.15, 0.2) is 4.99 Å². The number of rotatable bonds is 3. The van der Waals surface area contributed by atoms with Crippen molar-refractivity contribution in [2.24, 2.45) is 16.8 Å². The number of aliphatic imine (C=N–C) groups is 1. The summed E-state index contributed by atoms with van der Waals surface area (Å²) in [5.41, 5.74) is -0.430. The minimum absolute atomic E-state index is 0.157. The maximum absolute atomic E-state index is 12.3. The molecule has 0 radical (unpaired) electrons. The van der Waals surface area contributed by atoms with Gasteiger partial charge >= 0.3 is 0 Å². The summed E-state index contributed by atoms with van der Waals surface area (Å²) >= 11 is 0. The number of nitrogens with one attached hydrogen (secondary N) is 2. The van der Waals surface area contributed by atoms with E-state index in [4.69, 9.17) is 4.99 Å². The van der Waals surface area contributed by atoms with Crippen LogP contribution in [0.3, 0.4) is 0 Å². The van der Waals surface area contributed by atoms with Crippen LogP contribution < -0.4 is 10.6 Å². The van der Waals surface area contributed by atoms with Crippen LogP contribution in [0.25, 0.3) is 0 Å². The molecule has 2 heterocycles. The van der Waals surface area contributed by atoms with E-state index in [-0.39, 0.29) is 5.91 Å². The van der Waals surface area contributed by atoms with Gasteiger partial charge in [0, 0.05) is 5.92 Å². The molecule has 2 N–H and O–H groups in total. The van der Waals surface area contributed by atoms with Crippen molar-refractivity contribution < 1.29 is 4.79 Å². The van der Waals surface area contributed by atoms with Crippen molar-refractivity contribution in [3.05, 3.63) is 0 Å². The zero-order valence-corrected chi connectivity index (χ0v) is 12.6. The molecule has 1 saturated heterocycles. The number of piperidine rings is 1. The quantitative estimate of drug-likeness (QED) is 0.831. The second kappa shape index (κ2) is 5.84. The van der Waals surface area contributed by atoms with Crippen LogP contribution in [-0.4, -0.2) is 30.4 Å². The number of amidine groups is 1. The average molecular weight is 277 g/mol. The maximum Gasteiger partial charge on any atom is 0.253 e. The summed E-state index contributed by atoms with van der Waals surface area (Å²) in [5, 5.41) is 6.44. The topological polar surface area (TPSA) is 53.5 Å². The number of amides is 1. The van der Waals surface area contributed by atoms with Crippen LogP contribution in [0.1, 0.15) is 58.3 Å². The third-order valence-electron chi connectivity index (χ3n) is 5.36. The van der Waals surface area contributed by atoms with Gasteiger partial charge in [0.2, 0.25) is 0 Å². The number of hydrogen-bond acceptors (Lipinski definition) is 3. The van der Waals surface area contributed by atoms with E-state index >= 15 is 0 Å². The molecule has 0 atom stereocenters. The van der Waals surface area contributed by atoms with Gasteiger partial charge in [-0.1, -0.05) is 19.8 Å². The summed E-state index contributed by atoms with van der Waals surface area (Å²) in [5.74, 6) is 2.57. The molecule has 0 aromatic carbocycles. The molecule has 0 aromatic heterocycles. The van der Waals surface area contributed by atoms with E-state index in [1.165, 1.54) is 38.5 Å². The summed E-state index contributed by atoms with van der Waals surface area (Å²) in [6.07, 6.45) is 9.39. The number of nitrogens with zero attached hydrogens (tertiary/aromatic N) is 1. The van der Waals surface area contributed by atoms with Gasteiger partial charge < -0.3 is 10.6 Å². The number of carbonyl (C=O) groups is 1. The fourth-order valence-corrected chi connectivity index (χ4v) is 4.05. The molecule has 2 fully saturated rings. The monoisotopic (exact) mass is 277 g/mol. The van der Waals surface area contributed by atoms with Crippen molar-refractivity contribution >= 4 is 11.7 Å². The molecule has 4 nitrogen and oxygen atoms in total. The van der Waals surface area contributed by atoms with Gasteiger partial charge in [-0.25, -0.2) is 0 Å². The molecule has 3 rings (SSSR count). The SMILES string of the molecule is CCCC1CCC(C2=NC3(CCNCC3)C(=O)N2)CC1. The molecule has 112 valence electrons. The minimum Gasteiger partial charge on any atom is -0.317 e. The van der Waals surface area contributed by atoms with E-state index in [0.717, 1.165) is 37.7 Å². The fourth-order valence-electron chi connectivity index (χ4n) is 4.05. The Morgan fingerprint density at radius 2 is 1.90 bits per heavy atom. The van der Waals surface area contributed by atoms with E-state index in [0.29, 0.717) is 5.92 Å². The second-order valence-electron chi connectivity index (χ2n) is 6.74. The standard InChI is InChI=1S/C16H27N3O/c1-2-3-12-4-6-13(7-5-12)14-18-15(20)16(19-14)8-10-17-11-9-16/h12-13,17H,2-11H2,1H3,(H,18,19,20). The Morgan fingerprint density at radius 1 is 1.20 bits per heavy atom. The molecule has 1 spiro atoms.